The first-order valence-electron chi connectivity index (χ1n) is 11.2. The molecule has 0 spiro atoms. The number of methoxy groups -OCH3 is 1. The number of hydrogen-bond donors (Lipinski definition) is 3. The van der Waals surface area contributed by atoms with Gasteiger partial charge in [-0.1, -0.05) is 12.1 Å². The molecule has 2 aromatic rings. The average molecular weight is 499 g/mol. The lowest BCUT2D eigenvalue weighted by molar-refractivity contribution is -0.140. The number of thiocarbonyl (C=S) groups is 1. The fraction of sp³-hybridized carbons (Fsp3) is 0.320. The maximum atomic E-state index is 12.8. The van der Waals surface area contributed by atoms with Crippen LogP contribution in [0.3, 0.4) is 0 Å². The number of amides is 2. The minimum absolute atomic E-state index is 0.152. The standard InChI is InChI=1S/C25H30N4O5S/c1-5-33-20-12-10-19(11-13-20)27-24(31)26-18-8-6-17(7-9-18)22-21(23(30)34-15-14-32-4)16(2)29(3)25(35)28-22/h6-13,22H,5,14-15H2,1-4H3,(H,28,35)(H2,26,27,31)/t22-/m1/s1. The van der Waals surface area contributed by atoms with Crippen LogP contribution >= 0.6 is 12.2 Å². The summed E-state index contributed by atoms with van der Waals surface area (Å²) >= 11 is 5.43. The van der Waals surface area contributed by atoms with Crippen LogP contribution in [0.25, 0.3) is 0 Å². The van der Waals surface area contributed by atoms with Crippen LogP contribution in [0.15, 0.2) is 59.8 Å². The second-order valence-electron chi connectivity index (χ2n) is 7.73. The first-order chi connectivity index (χ1) is 16.8. The Morgan fingerprint density at radius 2 is 1.63 bits per heavy atom. The molecule has 3 N–H and O–H groups in total. The summed E-state index contributed by atoms with van der Waals surface area (Å²) in [5.74, 6) is 0.297. The number of rotatable bonds is 9. The minimum Gasteiger partial charge on any atom is -0.494 e. The molecule has 0 radical (unpaired) electrons. The number of carbonyl (C=O) groups is 2. The van der Waals surface area contributed by atoms with Crippen molar-refractivity contribution in [3.63, 3.8) is 0 Å². The summed E-state index contributed by atoms with van der Waals surface area (Å²) < 4.78 is 15.8. The second kappa shape index (κ2) is 12.2. The molecule has 10 heteroatoms. The highest BCUT2D eigenvalue weighted by Crippen LogP contribution is 2.31. The van der Waals surface area contributed by atoms with Gasteiger partial charge in [0.15, 0.2) is 5.11 Å². The first kappa shape index (κ1) is 26.0. The lowest BCUT2D eigenvalue weighted by Gasteiger charge is -2.35. The van der Waals surface area contributed by atoms with E-state index in [1.807, 2.05) is 26.0 Å². The molecule has 0 saturated heterocycles. The number of carbonyl (C=O) groups excluding carboxylic acids is 2. The maximum absolute atomic E-state index is 12.8. The molecule has 0 aliphatic carbocycles. The number of esters is 1. The fourth-order valence-electron chi connectivity index (χ4n) is 3.50. The molecule has 0 aromatic heterocycles. The van der Waals surface area contributed by atoms with Gasteiger partial charge in [0, 0.05) is 31.2 Å². The van der Waals surface area contributed by atoms with Crippen LogP contribution in [0, 0.1) is 0 Å². The van der Waals surface area contributed by atoms with Crippen LogP contribution in [0.4, 0.5) is 16.2 Å². The maximum Gasteiger partial charge on any atom is 0.338 e. The van der Waals surface area contributed by atoms with Gasteiger partial charge < -0.3 is 35.1 Å². The van der Waals surface area contributed by atoms with E-state index in [9.17, 15) is 9.59 Å². The van der Waals surface area contributed by atoms with E-state index in [4.69, 9.17) is 26.4 Å². The zero-order valence-corrected chi connectivity index (χ0v) is 21.0. The van der Waals surface area contributed by atoms with Crippen molar-refractivity contribution in [3.05, 3.63) is 65.4 Å². The highest BCUT2D eigenvalue weighted by atomic mass is 32.1. The monoisotopic (exact) mass is 498 g/mol. The molecule has 1 heterocycles. The van der Waals surface area contributed by atoms with Crippen molar-refractivity contribution in [2.24, 2.45) is 0 Å². The highest BCUT2D eigenvalue weighted by molar-refractivity contribution is 7.80. The molecule has 1 atom stereocenters. The van der Waals surface area contributed by atoms with Crippen molar-refractivity contribution in [3.8, 4) is 5.75 Å². The molecule has 1 aliphatic heterocycles. The molecule has 2 aromatic carbocycles. The third-order valence-electron chi connectivity index (χ3n) is 5.42. The lowest BCUT2D eigenvalue weighted by Crippen LogP contribution is -2.46. The third-order valence-corrected chi connectivity index (χ3v) is 5.81. The van der Waals surface area contributed by atoms with E-state index in [1.54, 1.807) is 55.5 Å². The van der Waals surface area contributed by atoms with E-state index < -0.39 is 12.0 Å². The molecule has 9 nitrogen and oxygen atoms in total. The van der Waals surface area contributed by atoms with Gasteiger partial charge in [0.2, 0.25) is 0 Å². The van der Waals surface area contributed by atoms with Gasteiger partial charge in [-0.25, -0.2) is 9.59 Å². The van der Waals surface area contributed by atoms with E-state index in [0.29, 0.717) is 41.0 Å². The molecule has 0 saturated carbocycles. The predicted molar refractivity (Wildman–Crippen MR) is 138 cm³/mol. The molecule has 186 valence electrons. The SMILES string of the molecule is CCOc1ccc(NC(=O)Nc2ccc([C@H]3NC(=S)N(C)C(C)=C3C(=O)OCCOC)cc2)cc1. The molecular weight excluding hydrogens is 468 g/mol. The van der Waals surface area contributed by atoms with E-state index in [0.717, 1.165) is 11.3 Å². The Morgan fingerprint density at radius 3 is 2.20 bits per heavy atom. The number of hydrogen-bond acceptors (Lipinski definition) is 6. The van der Waals surface area contributed by atoms with Crippen molar-refractivity contribution in [1.29, 1.82) is 0 Å². The van der Waals surface area contributed by atoms with Crippen LogP contribution < -0.4 is 20.7 Å². The van der Waals surface area contributed by atoms with Gasteiger partial charge in [-0.2, -0.15) is 0 Å². The average Bonchev–Trinajstić information content (AvgIpc) is 2.84. The van der Waals surface area contributed by atoms with Crippen LogP contribution in [-0.4, -0.2) is 56.0 Å². The zero-order valence-electron chi connectivity index (χ0n) is 20.2. The highest BCUT2D eigenvalue weighted by Gasteiger charge is 2.33. The topological polar surface area (TPSA) is 101 Å². The van der Waals surface area contributed by atoms with E-state index in [1.165, 1.54) is 0 Å². The molecule has 0 bridgehead atoms. The van der Waals surface area contributed by atoms with Crippen molar-refractivity contribution in [2.75, 3.05) is 44.6 Å². The Balaban J connectivity index is 1.70. The zero-order chi connectivity index (χ0) is 25.4. The smallest absolute Gasteiger partial charge is 0.338 e. The van der Waals surface area contributed by atoms with Gasteiger partial charge in [0.25, 0.3) is 0 Å². The van der Waals surface area contributed by atoms with Gasteiger partial charge in [0.05, 0.1) is 24.8 Å². The Kier molecular flexibility index (Phi) is 9.04. The molecule has 35 heavy (non-hydrogen) atoms. The van der Waals surface area contributed by atoms with Crippen LogP contribution in [0.1, 0.15) is 25.5 Å². The van der Waals surface area contributed by atoms with Gasteiger partial charge in [-0.05, 0) is 68.0 Å². The molecular formula is C25H30N4O5S. The van der Waals surface area contributed by atoms with Crippen LogP contribution in [-0.2, 0) is 14.3 Å². The number of anilines is 2. The minimum atomic E-state index is -0.486. The van der Waals surface area contributed by atoms with Crippen molar-refractivity contribution < 1.29 is 23.8 Å². The fourth-order valence-corrected chi connectivity index (χ4v) is 3.75. The molecule has 0 fully saturated rings. The molecule has 3 rings (SSSR count). The summed E-state index contributed by atoms with van der Waals surface area (Å²) in [6.45, 7) is 4.78. The van der Waals surface area contributed by atoms with Crippen LogP contribution in [0.2, 0.25) is 0 Å². The largest absolute Gasteiger partial charge is 0.494 e. The van der Waals surface area contributed by atoms with E-state index in [2.05, 4.69) is 16.0 Å². The Hall–Kier alpha value is -3.63. The lowest BCUT2D eigenvalue weighted by atomic mass is 9.95. The summed E-state index contributed by atoms with van der Waals surface area (Å²) in [6.07, 6.45) is 0. The van der Waals surface area contributed by atoms with Gasteiger partial charge in [-0.15, -0.1) is 0 Å². The summed E-state index contributed by atoms with van der Waals surface area (Å²) in [6, 6.07) is 13.4. The van der Waals surface area contributed by atoms with Gasteiger partial charge >= 0.3 is 12.0 Å². The van der Waals surface area contributed by atoms with Crippen molar-refractivity contribution in [1.82, 2.24) is 10.2 Å². The van der Waals surface area contributed by atoms with Crippen LogP contribution in [0.5, 0.6) is 5.75 Å². The van der Waals surface area contributed by atoms with Crippen molar-refractivity contribution >= 4 is 40.7 Å². The van der Waals surface area contributed by atoms with Gasteiger partial charge in [-0.3, -0.25) is 0 Å². The summed E-state index contributed by atoms with van der Waals surface area (Å²) in [5, 5.41) is 9.28. The molecule has 0 unspecified atom stereocenters. The Labute approximate surface area is 210 Å². The Morgan fingerprint density at radius 1 is 1.03 bits per heavy atom. The summed E-state index contributed by atoms with van der Waals surface area (Å²) in [4.78, 5) is 27.0. The van der Waals surface area contributed by atoms with E-state index >= 15 is 0 Å². The molecule has 1 aliphatic rings. The number of benzene rings is 2. The number of allylic oxidation sites excluding steroid dienone is 1. The number of ether oxygens (including phenoxy) is 3. The summed E-state index contributed by atoms with van der Waals surface area (Å²) in [5.41, 5.74) is 3.21. The van der Waals surface area contributed by atoms with Crippen molar-refractivity contribution in [2.45, 2.75) is 19.9 Å². The second-order valence-corrected chi connectivity index (χ2v) is 8.11. The number of nitrogens with zero attached hydrogens (tertiary/aromatic N) is 1. The number of urea groups is 1. The van der Waals surface area contributed by atoms with E-state index in [-0.39, 0.29) is 12.6 Å². The van der Waals surface area contributed by atoms with Gasteiger partial charge in [0.1, 0.15) is 12.4 Å². The summed E-state index contributed by atoms with van der Waals surface area (Å²) in [7, 11) is 3.34. The normalized spacial score (nSPS) is 15.4. The third kappa shape index (κ3) is 6.71. The Bertz CT molecular complexity index is 1090. The number of nitrogens with one attached hydrogen (secondary N) is 3. The molecule has 2 amide bonds. The predicted octanol–water partition coefficient (Wildman–Crippen LogP) is 4.05. The quantitative estimate of drug-likeness (QED) is 0.270. The first-order valence-corrected chi connectivity index (χ1v) is 11.6.